The van der Waals surface area contributed by atoms with E-state index in [0.717, 1.165) is 0 Å². The fraction of sp³-hybridized carbons (Fsp3) is 0.190. The van der Waals surface area contributed by atoms with Crippen molar-refractivity contribution in [2.24, 2.45) is 0 Å². The van der Waals surface area contributed by atoms with Crippen LogP contribution in [0.4, 0.5) is 5.69 Å². The maximum absolute atomic E-state index is 13.0. The van der Waals surface area contributed by atoms with Gasteiger partial charge in [-0.3, -0.25) is 10.1 Å². The van der Waals surface area contributed by atoms with E-state index in [4.69, 9.17) is 13.9 Å². The molecule has 1 aromatic carbocycles. The maximum atomic E-state index is 13.0. The second-order valence-corrected chi connectivity index (χ2v) is 6.63. The molecule has 0 saturated carbocycles. The number of non-ortho nitro benzene ring substituents is 1. The standard InChI is InChI=1S/C21H18N2O8/c1-11-16(20(25)29-3)18(13-6-4-7-14(10-13)23(27)28)17(12(2)22-11)21(26)31-19(24)15-8-5-9-30-15/h4-10,18,22H,1-3H3. The van der Waals surface area contributed by atoms with Gasteiger partial charge in [0, 0.05) is 23.5 Å². The molecule has 2 aromatic rings. The van der Waals surface area contributed by atoms with Crippen LogP contribution in [0.1, 0.15) is 35.9 Å². The molecule has 1 unspecified atom stereocenters. The van der Waals surface area contributed by atoms with Gasteiger partial charge in [0.1, 0.15) is 0 Å². The van der Waals surface area contributed by atoms with Crippen molar-refractivity contribution in [3.05, 3.63) is 86.6 Å². The highest BCUT2D eigenvalue weighted by Gasteiger charge is 2.39. The van der Waals surface area contributed by atoms with Crippen LogP contribution in [0.5, 0.6) is 0 Å². The third kappa shape index (κ3) is 4.22. The molecule has 0 bridgehead atoms. The summed E-state index contributed by atoms with van der Waals surface area (Å²) in [6.07, 6.45) is 1.25. The molecule has 0 radical (unpaired) electrons. The topological polar surface area (TPSA) is 138 Å². The van der Waals surface area contributed by atoms with Crippen molar-refractivity contribution in [1.29, 1.82) is 0 Å². The van der Waals surface area contributed by atoms with E-state index in [2.05, 4.69) is 5.32 Å². The molecule has 1 aliphatic heterocycles. The van der Waals surface area contributed by atoms with E-state index in [0.29, 0.717) is 11.4 Å². The van der Waals surface area contributed by atoms with Gasteiger partial charge in [0.15, 0.2) is 0 Å². The molecule has 0 aliphatic carbocycles. The average Bonchev–Trinajstić information content (AvgIpc) is 3.27. The lowest BCUT2D eigenvalue weighted by molar-refractivity contribution is -0.384. The van der Waals surface area contributed by atoms with Crippen LogP contribution in [0.3, 0.4) is 0 Å². The molecule has 1 N–H and O–H groups in total. The predicted octanol–water partition coefficient (Wildman–Crippen LogP) is 2.98. The number of nitro benzene ring substituents is 1. The van der Waals surface area contributed by atoms with Crippen molar-refractivity contribution in [3.63, 3.8) is 0 Å². The number of carbonyl (C=O) groups is 3. The minimum Gasteiger partial charge on any atom is -0.466 e. The first-order valence-corrected chi connectivity index (χ1v) is 9.05. The smallest absolute Gasteiger partial charge is 0.382 e. The summed E-state index contributed by atoms with van der Waals surface area (Å²) in [7, 11) is 1.18. The Kier molecular flexibility index (Phi) is 6.00. The van der Waals surface area contributed by atoms with Gasteiger partial charge in [-0.05, 0) is 31.5 Å². The number of hydrogen-bond donors (Lipinski definition) is 1. The highest BCUT2D eigenvalue weighted by molar-refractivity contribution is 6.05. The molecule has 2 heterocycles. The Morgan fingerprint density at radius 3 is 2.29 bits per heavy atom. The number of rotatable bonds is 5. The third-order valence-corrected chi connectivity index (χ3v) is 4.71. The zero-order valence-electron chi connectivity index (χ0n) is 16.8. The molecule has 3 rings (SSSR count). The Labute approximate surface area is 176 Å². The van der Waals surface area contributed by atoms with E-state index >= 15 is 0 Å². The van der Waals surface area contributed by atoms with Crippen LogP contribution in [0, 0.1) is 10.1 Å². The van der Waals surface area contributed by atoms with Gasteiger partial charge in [0.25, 0.3) is 5.69 Å². The molecule has 10 heteroatoms. The number of nitrogens with zero attached hydrogens (tertiary/aromatic N) is 1. The summed E-state index contributed by atoms with van der Waals surface area (Å²) in [6.45, 7) is 3.17. The molecule has 1 aliphatic rings. The minimum atomic E-state index is -1.06. The van der Waals surface area contributed by atoms with E-state index in [1.54, 1.807) is 13.8 Å². The molecule has 10 nitrogen and oxygen atoms in total. The van der Waals surface area contributed by atoms with E-state index in [9.17, 15) is 24.5 Å². The molecule has 160 valence electrons. The van der Waals surface area contributed by atoms with Gasteiger partial charge in [0.2, 0.25) is 5.76 Å². The van der Waals surface area contributed by atoms with E-state index in [1.165, 1.54) is 49.8 Å². The highest BCUT2D eigenvalue weighted by atomic mass is 16.6. The number of carbonyl (C=O) groups excluding carboxylic acids is 3. The lowest BCUT2D eigenvalue weighted by Crippen LogP contribution is -2.33. The van der Waals surface area contributed by atoms with Crippen LogP contribution >= 0.6 is 0 Å². The van der Waals surface area contributed by atoms with Crippen LogP contribution in [-0.4, -0.2) is 29.9 Å². The maximum Gasteiger partial charge on any atom is 0.382 e. The molecule has 0 fully saturated rings. The summed E-state index contributed by atoms with van der Waals surface area (Å²) in [5, 5.41) is 14.2. The molecule has 0 saturated heterocycles. The number of ether oxygens (including phenoxy) is 2. The van der Waals surface area contributed by atoms with Crippen LogP contribution in [0.2, 0.25) is 0 Å². The Bertz CT molecular complexity index is 1130. The number of hydrogen-bond acceptors (Lipinski definition) is 9. The zero-order chi connectivity index (χ0) is 22.7. The van der Waals surface area contributed by atoms with Crippen LogP contribution in [-0.2, 0) is 19.1 Å². The van der Waals surface area contributed by atoms with Crippen molar-refractivity contribution in [2.45, 2.75) is 19.8 Å². The first-order valence-electron chi connectivity index (χ1n) is 9.05. The summed E-state index contributed by atoms with van der Waals surface area (Å²) >= 11 is 0. The summed E-state index contributed by atoms with van der Waals surface area (Å²) in [5.74, 6) is -4.03. The van der Waals surface area contributed by atoms with Crippen molar-refractivity contribution in [2.75, 3.05) is 7.11 Å². The van der Waals surface area contributed by atoms with Gasteiger partial charge >= 0.3 is 17.9 Å². The lowest BCUT2D eigenvalue weighted by atomic mass is 9.80. The molecule has 1 aromatic heterocycles. The van der Waals surface area contributed by atoms with Gasteiger partial charge in [0.05, 0.1) is 35.4 Å². The molecule has 31 heavy (non-hydrogen) atoms. The van der Waals surface area contributed by atoms with Crippen molar-refractivity contribution < 1.29 is 33.2 Å². The SMILES string of the molecule is COC(=O)C1=C(C)NC(C)=C(C(=O)OC(=O)c2ccco2)C1c1cccc([N+](=O)[O-])c1. The second-order valence-electron chi connectivity index (χ2n) is 6.63. The van der Waals surface area contributed by atoms with Crippen LogP contribution in [0.15, 0.2) is 69.6 Å². The highest BCUT2D eigenvalue weighted by Crippen LogP contribution is 2.40. The third-order valence-electron chi connectivity index (χ3n) is 4.71. The number of nitrogens with one attached hydrogen (secondary N) is 1. The molecule has 0 spiro atoms. The van der Waals surface area contributed by atoms with Gasteiger partial charge in [-0.25, -0.2) is 14.4 Å². The number of benzene rings is 1. The Balaban J connectivity index is 2.10. The molecule has 1 atom stereocenters. The largest absolute Gasteiger partial charge is 0.466 e. The van der Waals surface area contributed by atoms with E-state index in [-0.39, 0.29) is 28.2 Å². The van der Waals surface area contributed by atoms with E-state index in [1.807, 2.05) is 0 Å². The first kappa shape index (κ1) is 21.5. The molecular weight excluding hydrogens is 408 g/mol. The van der Waals surface area contributed by atoms with E-state index < -0.39 is 28.7 Å². The fourth-order valence-electron chi connectivity index (χ4n) is 3.38. The van der Waals surface area contributed by atoms with Crippen LogP contribution in [0.25, 0.3) is 0 Å². The molecular formula is C21H18N2O8. The number of nitro groups is 1. The number of methoxy groups -OCH3 is 1. The van der Waals surface area contributed by atoms with Gasteiger partial charge in [-0.15, -0.1) is 0 Å². The average molecular weight is 426 g/mol. The fourth-order valence-corrected chi connectivity index (χ4v) is 3.38. The Morgan fingerprint density at radius 2 is 1.71 bits per heavy atom. The van der Waals surface area contributed by atoms with Crippen molar-refractivity contribution in [3.8, 4) is 0 Å². The number of esters is 3. The summed E-state index contributed by atoms with van der Waals surface area (Å²) in [6, 6.07) is 8.30. The minimum absolute atomic E-state index is 0.0611. The normalized spacial score (nSPS) is 15.9. The summed E-state index contributed by atoms with van der Waals surface area (Å²) < 4.78 is 14.8. The number of allylic oxidation sites excluding steroid dienone is 2. The lowest BCUT2D eigenvalue weighted by Gasteiger charge is -2.29. The Morgan fingerprint density at radius 1 is 1.03 bits per heavy atom. The number of furan rings is 1. The van der Waals surface area contributed by atoms with Crippen molar-refractivity contribution >= 4 is 23.6 Å². The summed E-state index contributed by atoms with van der Waals surface area (Å²) in [5.41, 5.74) is 0.771. The zero-order valence-corrected chi connectivity index (χ0v) is 16.8. The number of dihydropyridines is 1. The summed E-state index contributed by atoms with van der Waals surface area (Å²) in [4.78, 5) is 48.4. The second kappa shape index (κ2) is 8.66. The monoisotopic (exact) mass is 426 g/mol. The van der Waals surface area contributed by atoms with Crippen LogP contribution < -0.4 is 5.32 Å². The van der Waals surface area contributed by atoms with Gasteiger partial charge in [-0.2, -0.15) is 0 Å². The predicted molar refractivity (Wildman–Crippen MR) is 106 cm³/mol. The Hall–Kier alpha value is -4.21. The van der Waals surface area contributed by atoms with Gasteiger partial charge in [-0.1, -0.05) is 12.1 Å². The van der Waals surface area contributed by atoms with Crippen molar-refractivity contribution in [1.82, 2.24) is 5.32 Å². The molecule has 0 amide bonds. The van der Waals surface area contributed by atoms with Gasteiger partial charge < -0.3 is 19.2 Å². The first-order chi connectivity index (χ1) is 14.7. The quantitative estimate of drug-likeness (QED) is 0.331.